The molecule has 1 saturated heterocycles. The van der Waals surface area contributed by atoms with Crippen LogP contribution >= 0.6 is 11.6 Å². The van der Waals surface area contributed by atoms with Gasteiger partial charge in [-0.1, -0.05) is 18.2 Å². The van der Waals surface area contributed by atoms with Crippen LogP contribution in [-0.4, -0.2) is 54.1 Å². The van der Waals surface area contributed by atoms with Gasteiger partial charge in [-0.25, -0.2) is 0 Å². The van der Waals surface area contributed by atoms with Crippen LogP contribution in [0.1, 0.15) is 29.8 Å². The third-order valence-electron chi connectivity index (χ3n) is 5.60. The number of halogens is 1. The molecule has 0 radical (unpaired) electrons. The molecule has 2 heterocycles. The van der Waals surface area contributed by atoms with Gasteiger partial charge in [-0.2, -0.15) is 0 Å². The first kappa shape index (κ1) is 19.2. The third kappa shape index (κ3) is 4.06. The number of rotatable bonds is 5. The Bertz CT molecular complexity index is 765. The fourth-order valence-electron chi connectivity index (χ4n) is 4.06. The number of hydrogen-bond donors (Lipinski definition) is 0. The molecule has 0 amide bonds. The van der Waals surface area contributed by atoms with Crippen molar-refractivity contribution in [3.63, 3.8) is 0 Å². The lowest BCUT2D eigenvalue weighted by atomic mass is 10.0. The number of aryl methyl sites for hydroxylation is 1. The van der Waals surface area contributed by atoms with E-state index in [1.165, 1.54) is 35.4 Å². The quantitative estimate of drug-likeness (QED) is 0.748. The molecular formula is C22H30ClN3. The molecule has 140 valence electrons. The van der Waals surface area contributed by atoms with Crippen molar-refractivity contribution >= 4 is 17.2 Å². The van der Waals surface area contributed by atoms with Crippen LogP contribution in [0.3, 0.4) is 0 Å². The number of benzene rings is 1. The maximum atomic E-state index is 6.04. The Morgan fingerprint density at radius 1 is 1.15 bits per heavy atom. The van der Waals surface area contributed by atoms with E-state index in [-0.39, 0.29) is 0 Å². The largest absolute Gasteiger partial charge is 0.318 e. The topological polar surface area (TPSA) is 11.4 Å². The highest BCUT2D eigenvalue weighted by Gasteiger charge is 2.22. The molecule has 0 N–H and O–H groups in total. The highest BCUT2D eigenvalue weighted by molar-refractivity contribution is 6.30. The van der Waals surface area contributed by atoms with E-state index in [0.29, 0.717) is 0 Å². The van der Waals surface area contributed by atoms with Crippen LogP contribution in [0.25, 0.3) is 11.3 Å². The zero-order chi connectivity index (χ0) is 18.8. The summed E-state index contributed by atoms with van der Waals surface area (Å²) in [6.07, 6.45) is 2.48. The van der Waals surface area contributed by atoms with E-state index in [9.17, 15) is 0 Å². The fraction of sp³-hybridized carbons (Fsp3) is 0.455. The minimum Gasteiger partial charge on any atom is -0.318 e. The summed E-state index contributed by atoms with van der Waals surface area (Å²) in [7, 11) is 4.37. The Labute approximate surface area is 162 Å². The van der Waals surface area contributed by atoms with Gasteiger partial charge in [-0.05, 0) is 95.3 Å². The molecule has 2 aromatic rings. The van der Waals surface area contributed by atoms with E-state index in [0.717, 1.165) is 36.4 Å². The molecule has 3 rings (SSSR count). The SMILES string of the molecule is C=C(CN1CCC(N(C)C)CC1)c1cc(C)n(-c2ccc(Cl)cc2)c1C. The zero-order valence-corrected chi connectivity index (χ0v) is 17.2. The van der Waals surface area contributed by atoms with Crippen molar-refractivity contribution < 1.29 is 0 Å². The molecule has 1 aliphatic rings. The van der Waals surface area contributed by atoms with Crippen molar-refractivity contribution in [2.75, 3.05) is 33.7 Å². The highest BCUT2D eigenvalue weighted by atomic mass is 35.5. The summed E-state index contributed by atoms with van der Waals surface area (Å²) in [4.78, 5) is 4.89. The summed E-state index contributed by atoms with van der Waals surface area (Å²) >= 11 is 6.04. The number of piperidine rings is 1. The Hall–Kier alpha value is -1.55. The lowest BCUT2D eigenvalue weighted by molar-refractivity contribution is 0.156. The maximum absolute atomic E-state index is 6.04. The third-order valence-corrected chi connectivity index (χ3v) is 5.85. The van der Waals surface area contributed by atoms with Crippen molar-refractivity contribution in [3.8, 4) is 5.69 Å². The van der Waals surface area contributed by atoms with Crippen LogP contribution in [0, 0.1) is 13.8 Å². The summed E-state index contributed by atoms with van der Waals surface area (Å²) in [5, 5.41) is 0.766. The normalized spacial score (nSPS) is 16.4. The zero-order valence-electron chi connectivity index (χ0n) is 16.4. The smallest absolute Gasteiger partial charge is 0.0456 e. The van der Waals surface area contributed by atoms with Crippen LogP contribution in [0.4, 0.5) is 0 Å². The van der Waals surface area contributed by atoms with Crippen molar-refractivity contribution in [1.29, 1.82) is 0 Å². The molecule has 1 aliphatic heterocycles. The predicted octanol–water partition coefficient (Wildman–Crippen LogP) is 4.79. The molecule has 1 fully saturated rings. The second kappa shape index (κ2) is 7.99. The van der Waals surface area contributed by atoms with Crippen molar-refractivity contribution in [2.45, 2.75) is 32.7 Å². The molecule has 3 nitrogen and oxygen atoms in total. The standard InChI is InChI=1S/C22H30ClN3/c1-16(15-25-12-10-20(11-13-25)24(4)5)22-14-17(2)26(18(22)3)21-8-6-19(23)7-9-21/h6-9,14,20H,1,10-13,15H2,2-5H3. The van der Waals surface area contributed by atoms with Gasteiger partial charge in [-0.15, -0.1) is 0 Å². The second-order valence-corrected chi connectivity index (χ2v) is 8.11. The summed E-state index contributed by atoms with van der Waals surface area (Å²) in [6.45, 7) is 12.0. The van der Waals surface area contributed by atoms with Gasteiger partial charge in [0.15, 0.2) is 0 Å². The average molecular weight is 372 g/mol. The molecule has 0 spiro atoms. The van der Waals surface area contributed by atoms with Gasteiger partial charge in [0, 0.05) is 34.7 Å². The van der Waals surface area contributed by atoms with Crippen LogP contribution in [0.15, 0.2) is 36.9 Å². The fourth-order valence-corrected chi connectivity index (χ4v) is 4.18. The van der Waals surface area contributed by atoms with E-state index in [1.807, 2.05) is 12.1 Å². The van der Waals surface area contributed by atoms with E-state index in [1.54, 1.807) is 0 Å². The number of aromatic nitrogens is 1. The molecular weight excluding hydrogens is 342 g/mol. The van der Waals surface area contributed by atoms with Crippen LogP contribution in [0.5, 0.6) is 0 Å². The molecule has 1 aromatic heterocycles. The van der Waals surface area contributed by atoms with Gasteiger partial charge >= 0.3 is 0 Å². The molecule has 0 aliphatic carbocycles. The highest BCUT2D eigenvalue weighted by Crippen LogP contribution is 2.27. The predicted molar refractivity (Wildman–Crippen MR) is 112 cm³/mol. The van der Waals surface area contributed by atoms with Gasteiger partial charge in [0.25, 0.3) is 0 Å². The van der Waals surface area contributed by atoms with Crippen LogP contribution < -0.4 is 0 Å². The Morgan fingerprint density at radius 3 is 2.35 bits per heavy atom. The van der Waals surface area contributed by atoms with Gasteiger partial charge in [0.1, 0.15) is 0 Å². The average Bonchev–Trinajstić information content (AvgIpc) is 2.91. The van der Waals surface area contributed by atoms with Crippen molar-refractivity contribution in [3.05, 3.63) is 58.9 Å². The summed E-state index contributed by atoms with van der Waals surface area (Å²) in [5.41, 5.74) is 6.11. The maximum Gasteiger partial charge on any atom is 0.0456 e. The van der Waals surface area contributed by atoms with Crippen molar-refractivity contribution in [2.24, 2.45) is 0 Å². The van der Waals surface area contributed by atoms with E-state index >= 15 is 0 Å². The first-order valence-electron chi connectivity index (χ1n) is 9.38. The lowest BCUT2D eigenvalue weighted by Crippen LogP contribution is -2.42. The molecule has 0 bridgehead atoms. The Balaban J connectivity index is 1.73. The monoisotopic (exact) mass is 371 g/mol. The first-order valence-corrected chi connectivity index (χ1v) is 9.76. The van der Waals surface area contributed by atoms with Gasteiger partial charge in [0.05, 0.1) is 0 Å². The van der Waals surface area contributed by atoms with Gasteiger partial charge in [0.2, 0.25) is 0 Å². The number of likely N-dealkylation sites (tertiary alicyclic amines) is 1. The molecule has 4 heteroatoms. The van der Waals surface area contributed by atoms with Gasteiger partial charge in [-0.3, -0.25) is 4.90 Å². The van der Waals surface area contributed by atoms with E-state index in [4.69, 9.17) is 11.6 Å². The lowest BCUT2D eigenvalue weighted by Gasteiger charge is -2.35. The molecule has 26 heavy (non-hydrogen) atoms. The molecule has 0 unspecified atom stereocenters. The van der Waals surface area contributed by atoms with Crippen LogP contribution in [0.2, 0.25) is 5.02 Å². The summed E-state index contributed by atoms with van der Waals surface area (Å²) in [6, 6.07) is 11.0. The minimum atomic E-state index is 0.717. The van der Waals surface area contributed by atoms with E-state index < -0.39 is 0 Å². The first-order chi connectivity index (χ1) is 12.4. The van der Waals surface area contributed by atoms with Crippen LogP contribution in [-0.2, 0) is 0 Å². The molecule has 0 atom stereocenters. The minimum absolute atomic E-state index is 0.717. The second-order valence-electron chi connectivity index (χ2n) is 7.67. The van der Waals surface area contributed by atoms with E-state index in [2.05, 4.69) is 67.1 Å². The van der Waals surface area contributed by atoms with Gasteiger partial charge < -0.3 is 9.47 Å². The number of hydrogen-bond acceptors (Lipinski definition) is 2. The summed E-state index contributed by atoms with van der Waals surface area (Å²) in [5.74, 6) is 0. The molecule has 0 saturated carbocycles. The summed E-state index contributed by atoms with van der Waals surface area (Å²) < 4.78 is 2.29. The number of nitrogens with zero attached hydrogens (tertiary/aromatic N) is 3. The Morgan fingerprint density at radius 2 is 1.77 bits per heavy atom. The van der Waals surface area contributed by atoms with Crippen molar-refractivity contribution in [1.82, 2.24) is 14.4 Å². The Kier molecular flexibility index (Phi) is 5.91. The molecule has 1 aromatic carbocycles.